The van der Waals surface area contributed by atoms with Gasteiger partial charge < -0.3 is 9.32 Å². The molecule has 0 bridgehead atoms. The van der Waals surface area contributed by atoms with Crippen LogP contribution in [0.4, 0.5) is 5.88 Å². The Bertz CT molecular complexity index is 751. The summed E-state index contributed by atoms with van der Waals surface area (Å²) in [6.07, 6.45) is 5.26. The minimum Gasteiger partial charge on any atom is -0.440 e. The van der Waals surface area contributed by atoms with Crippen molar-refractivity contribution in [3.05, 3.63) is 53.3 Å². The zero-order valence-electron chi connectivity index (χ0n) is 15.1. The number of furan rings is 1. The molecule has 138 valence electrons. The van der Waals surface area contributed by atoms with Crippen molar-refractivity contribution in [3.8, 4) is 0 Å². The molecule has 6 heteroatoms. The van der Waals surface area contributed by atoms with Crippen LogP contribution < -0.4 is 10.3 Å². The minimum absolute atomic E-state index is 0.109. The third-order valence-electron chi connectivity index (χ3n) is 4.41. The Morgan fingerprint density at radius 1 is 1.23 bits per heavy atom. The third kappa shape index (κ3) is 5.39. The van der Waals surface area contributed by atoms with Crippen molar-refractivity contribution in [2.75, 3.05) is 23.7 Å². The maximum atomic E-state index is 11.9. The Morgan fingerprint density at radius 3 is 2.85 bits per heavy atom. The molecule has 1 N–H and O–H groups in total. The Labute approximate surface area is 158 Å². The standard InChI is InChI=1S/C20H25N3O2S/c1-16-7-3-4-8-17(16)14-26-15-19(24)22-21-13-18-9-10-20(25-18)23-11-5-2-6-12-23/h3-4,7-10,13H,2,5-6,11-12,14-15H2,1H3,(H,22,24)/b21-13-. The molecule has 1 fully saturated rings. The number of hydrogen-bond acceptors (Lipinski definition) is 5. The highest BCUT2D eigenvalue weighted by Crippen LogP contribution is 2.21. The molecule has 0 spiro atoms. The van der Waals surface area contributed by atoms with Crippen molar-refractivity contribution < 1.29 is 9.21 Å². The van der Waals surface area contributed by atoms with E-state index >= 15 is 0 Å². The molecule has 1 saturated heterocycles. The van der Waals surface area contributed by atoms with Gasteiger partial charge in [0.05, 0.1) is 12.0 Å². The smallest absolute Gasteiger partial charge is 0.250 e. The SMILES string of the molecule is Cc1ccccc1CSCC(=O)N/N=C\c1ccc(N2CCCCC2)o1. The summed E-state index contributed by atoms with van der Waals surface area (Å²) in [5.41, 5.74) is 5.07. The summed E-state index contributed by atoms with van der Waals surface area (Å²) >= 11 is 1.58. The van der Waals surface area contributed by atoms with Crippen LogP contribution in [0.2, 0.25) is 0 Å². The number of hydrogen-bond donors (Lipinski definition) is 1. The van der Waals surface area contributed by atoms with E-state index in [9.17, 15) is 4.79 Å². The summed E-state index contributed by atoms with van der Waals surface area (Å²) in [5, 5.41) is 3.99. The van der Waals surface area contributed by atoms with Gasteiger partial charge in [0.25, 0.3) is 0 Å². The molecular formula is C20H25N3O2S. The van der Waals surface area contributed by atoms with E-state index in [-0.39, 0.29) is 5.91 Å². The van der Waals surface area contributed by atoms with Crippen molar-refractivity contribution >= 4 is 29.8 Å². The average Bonchev–Trinajstić information content (AvgIpc) is 3.13. The molecule has 1 amide bonds. The number of thioether (sulfide) groups is 1. The van der Waals surface area contributed by atoms with Crippen molar-refractivity contribution in [1.29, 1.82) is 0 Å². The van der Waals surface area contributed by atoms with Gasteiger partial charge in [0.1, 0.15) is 5.76 Å². The molecule has 26 heavy (non-hydrogen) atoms. The Kier molecular flexibility index (Phi) is 6.77. The van der Waals surface area contributed by atoms with Crippen LogP contribution in [0.5, 0.6) is 0 Å². The van der Waals surface area contributed by atoms with E-state index in [1.165, 1.54) is 30.4 Å². The van der Waals surface area contributed by atoms with Gasteiger partial charge in [-0.05, 0) is 43.4 Å². The van der Waals surface area contributed by atoms with Crippen molar-refractivity contribution in [3.63, 3.8) is 0 Å². The quantitative estimate of drug-likeness (QED) is 0.591. The van der Waals surface area contributed by atoms with Gasteiger partial charge in [-0.15, -0.1) is 11.8 Å². The van der Waals surface area contributed by atoms with Crippen LogP contribution in [0.25, 0.3) is 0 Å². The summed E-state index contributed by atoms with van der Waals surface area (Å²) in [6, 6.07) is 12.1. The van der Waals surface area contributed by atoms with Crippen LogP contribution >= 0.6 is 11.8 Å². The molecule has 1 aliphatic rings. The number of amides is 1. The van der Waals surface area contributed by atoms with E-state index in [2.05, 4.69) is 34.5 Å². The zero-order valence-corrected chi connectivity index (χ0v) is 15.9. The van der Waals surface area contributed by atoms with Gasteiger partial charge in [-0.25, -0.2) is 5.43 Å². The lowest BCUT2D eigenvalue weighted by Crippen LogP contribution is -2.28. The molecule has 5 nitrogen and oxygen atoms in total. The third-order valence-corrected chi connectivity index (χ3v) is 5.39. The molecule has 1 aromatic heterocycles. The van der Waals surface area contributed by atoms with Crippen LogP contribution in [0.15, 0.2) is 45.9 Å². The molecular weight excluding hydrogens is 346 g/mol. The summed E-state index contributed by atoms with van der Waals surface area (Å²) < 4.78 is 5.78. The van der Waals surface area contributed by atoms with Gasteiger partial charge in [-0.3, -0.25) is 4.79 Å². The maximum Gasteiger partial charge on any atom is 0.250 e. The second-order valence-corrected chi connectivity index (χ2v) is 7.42. The highest BCUT2D eigenvalue weighted by Gasteiger charge is 2.13. The van der Waals surface area contributed by atoms with E-state index in [0.29, 0.717) is 11.5 Å². The first-order chi connectivity index (χ1) is 12.7. The number of aryl methyl sites for hydroxylation is 1. The predicted octanol–water partition coefficient (Wildman–Crippen LogP) is 3.96. The molecule has 2 aromatic rings. The second kappa shape index (κ2) is 9.48. The van der Waals surface area contributed by atoms with Gasteiger partial charge >= 0.3 is 0 Å². The summed E-state index contributed by atoms with van der Waals surface area (Å²) in [5.74, 6) is 2.62. The van der Waals surface area contributed by atoms with E-state index < -0.39 is 0 Å². The molecule has 3 rings (SSSR count). The molecule has 0 saturated carbocycles. The van der Waals surface area contributed by atoms with Crippen LogP contribution in [-0.2, 0) is 10.5 Å². The van der Waals surface area contributed by atoms with Gasteiger partial charge in [-0.1, -0.05) is 24.3 Å². The number of hydrazone groups is 1. The zero-order chi connectivity index (χ0) is 18.2. The van der Waals surface area contributed by atoms with Gasteiger partial charge in [0.15, 0.2) is 5.88 Å². The normalized spacial score (nSPS) is 14.7. The molecule has 0 unspecified atom stereocenters. The fourth-order valence-electron chi connectivity index (χ4n) is 2.92. The largest absolute Gasteiger partial charge is 0.440 e. The molecule has 0 atom stereocenters. The van der Waals surface area contributed by atoms with Crippen LogP contribution in [-0.4, -0.2) is 31.0 Å². The number of nitrogens with one attached hydrogen (secondary N) is 1. The number of carbonyl (C=O) groups is 1. The van der Waals surface area contributed by atoms with E-state index in [1.807, 2.05) is 24.3 Å². The Morgan fingerprint density at radius 2 is 2.04 bits per heavy atom. The first kappa shape index (κ1) is 18.6. The molecule has 0 radical (unpaired) electrons. The van der Waals surface area contributed by atoms with E-state index in [1.54, 1.807) is 18.0 Å². The first-order valence-corrected chi connectivity index (χ1v) is 10.2. The van der Waals surface area contributed by atoms with Gasteiger partial charge in [-0.2, -0.15) is 5.10 Å². The minimum atomic E-state index is -0.109. The molecule has 1 aromatic carbocycles. The van der Waals surface area contributed by atoms with Crippen LogP contribution in [0.1, 0.15) is 36.1 Å². The summed E-state index contributed by atoms with van der Waals surface area (Å²) in [7, 11) is 0. The van der Waals surface area contributed by atoms with E-state index in [4.69, 9.17) is 4.42 Å². The molecule has 1 aliphatic heterocycles. The lowest BCUT2D eigenvalue weighted by molar-refractivity contribution is -0.118. The summed E-state index contributed by atoms with van der Waals surface area (Å²) in [6.45, 7) is 4.17. The number of piperidine rings is 1. The fourth-order valence-corrected chi connectivity index (χ4v) is 3.82. The number of carbonyl (C=O) groups excluding carboxylic acids is 1. The lowest BCUT2D eigenvalue weighted by Gasteiger charge is -2.25. The Balaban J connectivity index is 1.40. The van der Waals surface area contributed by atoms with Crippen LogP contribution in [0.3, 0.4) is 0 Å². The summed E-state index contributed by atoms with van der Waals surface area (Å²) in [4.78, 5) is 14.1. The van der Waals surface area contributed by atoms with Crippen molar-refractivity contribution in [2.45, 2.75) is 31.9 Å². The second-order valence-electron chi connectivity index (χ2n) is 6.44. The predicted molar refractivity (Wildman–Crippen MR) is 108 cm³/mol. The van der Waals surface area contributed by atoms with Crippen LogP contribution in [0, 0.1) is 6.92 Å². The molecule has 2 heterocycles. The lowest BCUT2D eigenvalue weighted by atomic mass is 10.1. The monoisotopic (exact) mass is 371 g/mol. The number of rotatable bonds is 7. The first-order valence-electron chi connectivity index (χ1n) is 9.01. The highest BCUT2D eigenvalue weighted by molar-refractivity contribution is 7.99. The molecule has 0 aliphatic carbocycles. The number of nitrogens with zero attached hydrogens (tertiary/aromatic N) is 2. The number of anilines is 1. The van der Waals surface area contributed by atoms with Crippen molar-refractivity contribution in [2.24, 2.45) is 5.10 Å². The fraction of sp³-hybridized carbons (Fsp3) is 0.400. The van der Waals surface area contributed by atoms with Gasteiger partial charge in [0.2, 0.25) is 5.91 Å². The van der Waals surface area contributed by atoms with E-state index in [0.717, 1.165) is 24.7 Å². The topological polar surface area (TPSA) is 57.8 Å². The highest BCUT2D eigenvalue weighted by atomic mass is 32.2. The average molecular weight is 372 g/mol. The Hall–Kier alpha value is -2.21. The van der Waals surface area contributed by atoms with Crippen molar-refractivity contribution in [1.82, 2.24) is 5.43 Å². The maximum absolute atomic E-state index is 11.9. The van der Waals surface area contributed by atoms with Gasteiger partial charge in [0, 0.05) is 24.9 Å². The number of benzene rings is 1.